The van der Waals surface area contributed by atoms with Gasteiger partial charge in [-0.1, -0.05) is 24.3 Å². The lowest BCUT2D eigenvalue weighted by Crippen LogP contribution is -2.50. The van der Waals surface area contributed by atoms with Gasteiger partial charge in [0.1, 0.15) is 0 Å². The molecule has 1 aliphatic carbocycles. The Hall–Kier alpha value is -1.80. The topological polar surface area (TPSA) is 81.6 Å². The van der Waals surface area contributed by atoms with Gasteiger partial charge in [0.05, 0.1) is 0 Å². The highest BCUT2D eigenvalue weighted by molar-refractivity contribution is 7.80. The molecular formula is C18H22F2N2O3S. The van der Waals surface area contributed by atoms with E-state index in [2.05, 4.69) is 10.6 Å². The summed E-state index contributed by atoms with van der Waals surface area (Å²) in [5, 5.41) is 27.5. The number of carboxylic acid groups (broad SMARTS) is 1. The average molecular weight is 384 g/mol. The minimum absolute atomic E-state index is 0.00651. The van der Waals surface area contributed by atoms with Crippen molar-refractivity contribution in [1.29, 1.82) is 0 Å². The maximum atomic E-state index is 13.7. The van der Waals surface area contributed by atoms with Gasteiger partial charge in [0, 0.05) is 31.3 Å². The SMILES string of the molecule is O=C(O)[C@](O)(c1ccccc1C[C@@H]1CCNC(=S)N1)[C@@H]1CCC(F)(F)C1. The van der Waals surface area contributed by atoms with E-state index in [1.54, 1.807) is 18.2 Å². The zero-order valence-corrected chi connectivity index (χ0v) is 15.0. The molecule has 5 nitrogen and oxygen atoms in total. The van der Waals surface area contributed by atoms with E-state index < -0.39 is 36.3 Å². The minimum atomic E-state index is -2.94. The van der Waals surface area contributed by atoms with E-state index in [1.807, 2.05) is 0 Å². The highest BCUT2D eigenvalue weighted by atomic mass is 32.1. The number of carbonyl (C=O) groups is 1. The number of nitrogens with one attached hydrogen (secondary N) is 2. The monoisotopic (exact) mass is 384 g/mol. The molecule has 0 aromatic heterocycles. The van der Waals surface area contributed by atoms with Crippen LogP contribution >= 0.6 is 12.2 Å². The zero-order chi connectivity index (χ0) is 18.9. The number of carboxylic acids is 1. The van der Waals surface area contributed by atoms with Crippen molar-refractivity contribution in [3.63, 3.8) is 0 Å². The Morgan fingerprint density at radius 3 is 2.69 bits per heavy atom. The molecule has 2 fully saturated rings. The second-order valence-electron chi connectivity index (χ2n) is 7.11. The van der Waals surface area contributed by atoms with Crippen molar-refractivity contribution in [2.75, 3.05) is 6.54 Å². The second-order valence-corrected chi connectivity index (χ2v) is 7.52. The van der Waals surface area contributed by atoms with Crippen molar-refractivity contribution >= 4 is 23.3 Å². The molecule has 0 unspecified atom stereocenters. The number of thiocarbonyl (C=S) groups is 1. The van der Waals surface area contributed by atoms with E-state index >= 15 is 0 Å². The van der Waals surface area contributed by atoms with Gasteiger partial charge >= 0.3 is 5.97 Å². The molecule has 1 saturated carbocycles. The number of rotatable bonds is 5. The third-order valence-corrected chi connectivity index (χ3v) is 5.59. The summed E-state index contributed by atoms with van der Waals surface area (Å²) in [5.41, 5.74) is -1.50. The first kappa shape index (κ1) is 19.0. The molecule has 8 heteroatoms. The smallest absolute Gasteiger partial charge is 0.340 e. The lowest BCUT2D eigenvalue weighted by molar-refractivity contribution is -0.167. The van der Waals surface area contributed by atoms with Crippen molar-refractivity contribution in [2.24, 2.45) is 5.92 Å². The third-order valence-electron chi connectivity index (χ3n) is 5.33. The minimum Gasteiger partial charge on any atom is -0.479 e. The van der Waals surface area contributed by atoms with Gasteiger partial charge in [0.15, 0.2) is 10.7 Å². The van der Waals surface area contributed by atoms with Gasteiger partial charge in [-0.05, 0) is 42.6 Å². The fourth-order valence-corrected chi connectivity index (χ4v) is 4.24. The highest BCUT2D eigenvalue weighted by Gasteiger charge is 2.54. The van der Waals surface area contributed by atoms with Crippen LogP contribution in [0.5, 0.6) is 0 Å². The second kappa shape index (κ2) is 7.08. The van der Waals surface area contributed by atoms with Crippen LogP contribution in [0.25, 0.3) is 0 Å². The third kappa shape index (κ3) is 3.66. The lowest BCUT2D eigenvalue weighted by Gasteiger charge is -2.33. The molecular weight excluding hydrogens is 362 g/mol. The maximum Gasteiger partial charge on any atom is 0.340 e. The van der Waals surface area contributed by atoms with Crippen LogP contribution in [0, 0.1) is 5.92 Å². The number of aliphatic hydroxyl groups is 1. The Bertz CT molecular complexity index is 715. The van der Waals surface area contributed by atoms with Gasteiger partial charge < -0.3 is 20.8 Å². The fourth-order valence-electron chi connectivity index (χ4n) is 3.97. The summed E-state index contributed by atoms with van der Waals surface area (Å²) >= 11 is 5.11. The lowest BCUT2D eigenvalue weighted by atomic mass is 9.77. The van der Waals surface area contributed by atoms with Gasteiger partial charge in [-0.15, -0.1) is 0 Å². The maximum absolute atomic E-state index is 13.7. The summed E-state index contributed by atoms with van der Waals surface area (Å²) in [6, 6.07) is 6.64. The van der Waals surface area contributed by atoms with Crippen LogP contribution in [-0.4, -0.2) is 39.8 Å². The fraction of sp³-hybridized carbons (Fsp3) is 0.556. The number of hydrogen-bond donors (Lipinski definition) is 4. The van der Waals surface area contributed by atoms with Gasteiger partial charge in [0.25, 0.3) is 0 Å². The van der Waals surface area contributed by atoms with E-state index in [1.165, 1.54) is 6.07 Å². The van der Waals surface area contributed by atoms with Crippen molar-refractivity contribution in [3.05, 3.63) is 35.4 Å². The quantitative estimate of drug-likeness (QED) is 0.583. The first-order chi connectivity index (χ1) is 12.2. The van der Waals surface area contributed by atoms with Crippen molar-refractivity contribution < 1.29 is 23.8 Å². The number of benzene rings is 1. The first-order valence-corrected chi connectivity index (χ1v) is 9.09. The van der Waals surface area contributed by atoms with Crippen molar-refractivity contribution in [1.82, 2.24) is 10.6 Å². The molecule has 1 aromatic rings. The normalized spacial score (nSPS) is 27.3. The molecule has 1 heterocycles. The molecule has 1 saturated heterocycles. The zero-order valence-electron chi connectivity index (χ0n) is 14.2. The molecule has 26 heavy (non-hydrogen) atoms. The number of aliphatic carboxylic acids is 1. The highest BCUT2D eigenvalue weighted by Crippen LogP contribution is 2.48. The Labute approximate surface area is 155 Å². The molecule has 3 rings (SSSR count). The molecule has 4 N–H and O–H groups in total. The van der Waals surface area contributed by atoms with Crippen LogP contribution in [0.4, 0.5) is 8.78 Å². The molecule has 0 amide bonds. The first-order valence-electron chi connectivity index (χ1n) is 8.69. The molecule has 0 spiro atoms. The van der Waals surface area contributed by atoms with Crippen LogP contribution in [0.3, 0.4) is 0 Å². The molecule has 0 radical (unpaired) electrons. The number of hydrogen-bond acceptors (Lipinski definition) is 3. The van der Waals surface area contributed by atoms with Crippen molar-refractivity contribution in [3.8, 4) is 0 Å². The Kier molecular flexibility index (Phi) is 5.16. The molecule has 3 atom stereocenters. The standard InChI is InChI=1S/C18H22F2N2O3S/c19-17(20)7-5-12(10-17)18(25,15(23)24)14-4-2-1-3-11(14)9-13-6-8-21-16(26)22-13/h1-4,12-13,25H,5-10H2,(H,23,24)(H2,21,22,26)/t12-,13+,18-/m1/s1. The summed E-state index contributed by atoms with van der Waals surface area (Å²) in [6.07, 6.45) is 0.178. The molecule has 1 aliphatic heterocycles. The van der Waals surface area contributed by atoms with Gasteiger partial charge in [-0.25, -0.2) is 13.6 Å². The Balaban J connectivity index is 1.93. The Morgan fingerprint density at radius 2 is 2.08 bits per heavy atom. The van der Waals surface area contributed by atoms with Crippen molar-refractivity contribution in [2.45, 2.75) is 49.7 Å². The van der Waals surface area contributed by atoms with Gasteiger partial charge in [-0.2, -0.15) is 0 Å². The Morgan fingerprint density at radius 1 is 1.35 bits per heavy atom. The number of alkyl halides is 2. The average Bonchev–Trinajstić information content (AvgIpc) is 2.95. The summed E-state index contributed by atoms with van der Waals surface area (Å²) in [5.74, 6) is -5.45. The van der Waals surface area contributed by atoms with E-state index in [4.69, 9.17) is 12.2 Å². The summed E-state index contributed by atoms with van der Waals surface area (Å²) < 4.78 is 27.4. The van der Waals surface area contributed by atoms with Crippen LogP contribution in [0.15, 0.2) is 24.3 Å². The van der Waals surface area contributed by atoms with E-state index in [0.717, 1.165) is 6.42 Å². The number of halogens is 2. The predicted octanol–water partition coefficient (Wildman–Crippen LogP) is 2.17. The van der Waals surface area contributed by atoms with Gasteiger partial charge in [0.2, 0.25) is 5.92 Å². The molecule has 0 bridgehead atoms. The molecule has 2 aliphatic rings. The van der Waals surface area contributed by atoms with Crippen LogP contribution in [-0.2, 0) is 16.8 Å². The van der Waals surface area contributed by atoms with E-state index in [0.29, 0.717) is 23.6 Å². The van der Waals surface area contributed by atoms with Crippen LogP contribution in [0.2, 0.25) is 0 Å². The molecule has 142 valence electrons. The van der Waals surface area contributed by atoms with Gasteiger partial charge in [-0.3, -0.25) is 0 Å². The van der Waals surface area contributed by atoms with E-state index in [9.17, 15) is 23.8 Å². The summed E-state index contributed by atoms with van der Waals surface area (Å²) in [7, 11) is 0. The summed E-state index contributed by atoms with van der Waals surface area (Å²) in [6.45, 7) is 0.705. The van der Waals surface area contributed by atoms with Crippen LogP contribution < -0.4 is 10.6 Å². The predicted molar refractivity (Wildman–Crippen MR) is 96.1 cm³/mol. The van der Waals surface area contributed by atoms with Crippen LogP contribution in [0.1, 0.15) is 36.8 Å². The largest absolute Gasteiger partial charge is 0.479 e. The van der Waals surface area contributed by atoms with E-state index in [-0.39, 0.29) is 18.0 Å². The molecule has 1 aromatic carbocycles. The summed E-state index contributed by atoms with van der Waals surface area (Å²) in [4.78, 5) is 12.0.